The number of benzene rings is 2. The van der Waals surface area contributed by atoms with Gasteiger partial charge in [-0.25, -0.2) is 13.4 Å². The number of para-hydroxylation sites is 2. The Bertz CT molecular complexity index is 1270. The molecule has 0 atom stereocenters. The molecule has 1 amide bonds. The van der Waals surface area contributed by atoms with Crippen molar-refractivity contribution in [2.75, 3.05) is 39.4 Å². The number of amides is 1. The molecule has 32 heavy (non-hydrogen) atoms. The van der Waals surface area contributed by atoms with Gasteiger partial charge in [0.15, 0.2) is 11.5 Å². The maximum Gasteiger partial charge on any atom is 0.274 e. The first-order chi connectivity index (χ1) is 15.5. The summed E-state index contributed by atoms with van der Waals surface area (Å²) in [6.07, 6.45) is 2.21. The third-order valence-corrected chi connectivity index (χ3v) is 7.44. The number of fused-ring (bicyclic) bond motifs is 2. The maximum absolute atomic E-state index is 13.2. The van der Waals surface area contributed by atoms with E-state index in [4.69, 9.17) is 9.47 Å². The Morgan fingerprint density at radius 2 is 1.62 bits per heavy atom. The van der Waals surface area contributed by atoms with Crippen molar-refractivity contribution in [1.82, 2.24) is 19.2 Å². The van der Waals surface area contributed by atoms with E-state index in [1.165, 1.54) is 22.6 Å². The predicted molar refractivity (Wildman–Crippen MR) is 116 cm³/mol. The fourth-order valence-electron chi connectivity index (χ4n) is 3.81. The van der Waals surface area contributed by atoms with Crippen molar-refractivity contribution < 1.29 is 22.7 Å². The minimum absolute atomic E-state index is 0.155. The summed E-state index contributed by atoms with van der Waals surface area (Å²) in [6.45, 7) is 1.97. The molecule has 9 nitrogen and oxygen atoms in total. The summed E-state index contributed by atoms with van der Waals surface area (Å²) in [6, 6.07) is 12.0. The lowest BCUT2D eigenvalue weighted by atomic mass is 10.2. The Kier molecular flexibility index (Phi) is 5.40. The van der Waals surface area contributed by atoms with Crippen LogP contribution in [0.5, 0.6) is 11.5 Å². The van der Waals surface area contributed by atoms with Crippen LogP contribution < -0.4 is 9.47 Å². The minimum Gasteiger partial charge on any atom is -0.490 e. The van der Waals surface area contributed by atoms with Gasteiger partial charge in [0.05, 0.1) is 35.3 Å². The topological polar surface area (TPSA) is 102 Å². The Hall–Kier alpha value is -3.24. The molecule has 2 aliphatic rings. The van der Waals surface area contributed by atoms with E-state index in [1.807, 2.05) is 18.2 Å². The largest absolute Gasteiger partial charge is 0.490 e. The second kappa shape index (κ2) is 8.36. The lowest BCUT2D eigenvalue weighted by Gasteiger charge is -2.33. The van der Waals surface area contributed by atoms with E-state index in [2.05, 4.69) is 9.97 Å². The van der Waals surface area contributed by atoms with Gasteiger partial charge in [-0.2, -0.15) is 4.31 Å². The summed E-state index contributed by atoms with van der Waals surface area (Å²) in [4.78, 5) is 23.3. The van der Waals surface area contributed by atoms with E-state index in [0.717, 1.165) is 11.9 Å². The molecule has 166 valence electrons. The van der Waals surface area contributed by atoms with Crippen LogP contribution in [0.1, 0.15) is 16.9 Å². The van der Waals surface area contributed by atoms with E-state index in [0.29, 0.717) is 30.2 Å². The summed E-state index contributed by atoms with van der Waals surface area (Å²) < 4.78 is 38.9. The molecule has 0 aliphatic carbocycles. The monoisotopic (exact) mass is 454 g/mol. The standard InChI is InChI=1S/C22H22N4O5S/c27-22(19-15-23-17-4-1-2-5-18(17)24-19)25-8-10-26(11-9-25)32(28,29)16-6-7-20-21(14-16)31-13-3-12-30-20/h1-2,4-7,14-15H,3,8-13H2. The van der Waals surface area contributed by atoms with Gasteiger partial charge in [0.1, 0.15) is 5.69 Å². The first-order valence-corrected chi connectivity index (χ1v) is 11.9. The van der Waals surface area contributed by atoms with E-state index in [-0.39, 0.29) is 42.7 Å². The molecule has 0 N–H and O–H groups in total. The van der Waals surface area contributed by atoms with Crippen molar-refractivity contribution in [3.05, 3.63) is 54.4 Å². The quantitative estimate of drug-likeness (QED) is 0.596. The van der Waals surface area contributed by atoms with Gasteiger partial charge >= 0.3 is 0 Å². The number of rotatable bonds is 3. The molecule has 2 aliphatic heterocycles. The fraction of sp³-hybridized carbons (Fsp3) is 0.318. The lowest BCUT2D eigenvalue weighted by Crippen LogP contribution is -2.50. The minimum atomic E-state index is -3.72. The Labute approximate surface area is 185 Å². The highest BCUT2D eigenvalue weighted by Crippen LogP contribution is 2.33. The number of hydrogen-bond acceptors (Lipinski definition) is 7. The van der Waals surface area contributed by atoms with Crippen LogP contribution in [0.25, 0.3) is 11.0 Å². The van der Waals surface area contributed by atoms with Crippen LogP contribution in [0.2, 0.25) is 0 Å². The second-order valence-corrected chi connectivity index (χ2v) is 9.54. The molecule has 0 unspecified atom stereocenters. The number of sulfonamides is 1. The van der Waals surface area contributed by atoms with Crippen molar-refractivity contribution in [3.63, 3.8) is 0 Å². The number of ether oxygens (including phenoxy) is 2. The summed E-state index contributed by atoms with van der Waals surface area (Å²) in [5, 5.41) is 0. The van der Waals surface area contributed by atoms with Gasteiger partial charge in [0.25, 0.3) is 5.91 Å². The number of nitrogens with zero attached hydrogens (tertiary/aromatic N) is 4. The Balaban J connectivity index is 1.29. The molecular formula is C22H22N4O5S. The van der Waals surface area contributed by atoms with Crippen LogP contribution in [0.3, 0.4) is 0 Å². The molecule has 1 saturated heterocycles. The molecule has 0 spiro atoms. The lowest BCUT2D eigenvalue weighted by molar-refractivity contribution is 0.0692. The molecule has 3 heterocycles. The molecule has 1 fully saturated rings. The highest BCUT2D eigenvalue weighted by Gasteiger charge is 2.31. The molecule has 0 bridgehead atoms. The SMILES string of the molecule is O=C(c1cnc2ccccc2n1)N1CCN(S(=O)(=O)c2ccc3c(c2)OCCCO3)CC1. The van der Waals surface area contributed by atoms with Crippen LogP contribution in [0.15, 0.2) is 53.6 Å². The average Bonchev–Trinajstić information content (AvgIpc) is 3.08. The van der Waals surface area contributed by atoms with Crippen molar-refractivity contribution in [3.8, 4) is 11.5 Å². The zero-order chi connectivity index (χ0) is 22.1. The zero-order valence-electron chi connectivity index (χ0n) is 17.3. The van der Waals surface area contributed by atoms with Crippen LogP contribution in [-0.2, 0) is 10.0 Å². The van der Waals surface area contributed by atoms with E-state index in [9.17, 15) is 13.2 Å². The van der Waals surface area contributed by atoms with E-state index >= 15 is 0 Å². The molecule has 0 saturated carbocycles. The van der Waals surface area contributed by atoms with Crippen molar-refractivity contribution >= 4 is 27.0 Å². The summed E-state index contributed by atoms with van der Waals surface area (Å²) in [5.41, 5.74) is 1.62. The summed E-state index contributed by atoms with van der Waals surface area (Å²) in [7, 11) is -3.72. The smallest absolute Gasteiger partial charge is 0.274 e. The number of piperazine rings is 1. The molecule has 2 aromatic carbocycles. The molecule has 5 rings (SSSR count). The fourth-order valence-corrected chi connectivity index (χ4v) is 5.25. The van der Waals surface area contributed by atoms with Gasteiger partial charge in [0, 0.05) is 38.7 Å². The second-order valence-electron chi connectivity index (χ2n) is 7.60. The van der Waals surface area contributed by atoms with Gasteiger partial charge < -0.3 is 14.4 Å². The third kappa shape index (κ3) is 3.87. The van der Waals surface area contributed by atoms with E-state index < -0.39 is 10.0 Å². The number of carbonyl (C=O) groups excluding carboxylic acids is 1. The van der Waals surface area contributed by atoms with Crippen LogP contribution in [-0.4, -0.2) is 72.9 Å². The van der Waals surface area contributed by atoms with Crippen LogP contribution in [0, 0.1) is 0 Å². The summed E-state index contributed by atoms with van der Waals surface area (Å²) in [5.74, 6) is 0.733. The predicted octanol–water partition coefficient (Wildman–Crippen LogP) is 1.94. The molecule has 10 heteroatoms. The van der Waals surface area contributed by atoms with Crippen LogP contribution in [0.4, 0.5) is 0 Å². The molecule has 0 radical (unpaired) electrons. The highest BCUT2D eigenvalue weighted by atomic mass is 32.2. The number of carbonyl (C=O) groups is 1. The van der Waals surface area contributed by atoms with Gasteiger partial charge in [-0.05, 0) is 24.3 Å². The van der Waals surface area contributed by atoms with Crippen molar-refractivity contribution in [2.24, 2.45) is 0 Å². The highest BCUT2D eigenvalue weighted by molar-refractivity contribution is 7.89. The van der Waals surface area contributed by atoms with Crippen LogP contribution >= 0.6 is 0 Å². The third-order valence-electron chi connectivity index (χ3n) is 5.55. The number of aromatic nitrogens is 2. The first-order valence-electron chi connectivity index (χ1n) is 10.4. The molecular weight excluding hydrogens is 432 g/mol. The van der Waals surface area contributed by atoms with Gasteiger partial charge in [-0.15, -0.1) is 0 Å². The Morgan fingerprint density at radius 3 is 2.41 bits per heavy atom. The van der Waals surface area contributed by atoms with Gasteiger partial charge in [-0.3, -0.25) is 9.78 Å². The first kappa shape index (κ1) is 20.7. The van der Waals surface area contributed by atoms with E-state index in [1.54, 1.807) is 17.0 Å². The van der Waals surface area contributed by atoms with Crippen molar-refractivity contribution in [2.45, 2.75) is 11.3 Å². The number of hydrogen-bond donors (Lipinski definition) is 0. The molecule has 1 aromatic heterocycles. The van der Waals surface area contributed by atoms with Crippen molar-refractivity contribution in [1.29, 1.82) is 0 Å². The van der Waals surface area contributed by atoms with Gasteiger partial charge in [0.2, 0.25) is 10.0 Å². The van der Waals surface area contributed by atoms with Gasteiger partial charge in [-0.1, -0.05) is 12.1 Å². The average molecular weight is 455 g/mol. The zero-order valence-corrected chi connectivity index (χ0v) is 18.1. The maximum atomic E-state index is 13.2. The Morgan fingerprint density at radius 1 is 0.906 bits per heavy atom. The summed E-state index contributed by atoms with van der Waals surface area (Å²) >= 11 is 0. The normalized spacial score (nSPS) is 17.2. The molecule has 3 aromatic rings.